The number of carbonyl (C=O) groups is 2. The number of amides is 2. The molecule has 1 aromatic carbocycles. The fraction of sp³-hybridized carbons (Fsp3) is 0.667. The molecule has 6 heteroatoms. The fourth-order valence-electron chi connectivity index (χ4n) is 5.20. The van der Waals surface area contributed by atoms with E-state index in [1.54, 1.807) is 0 Å². The molecule has 3 aliphatic rings. The van der Waals surface area contributed by atoms with Gasteiger partial charge in [0, 0.05) is 32.7 Å². The molecule has 0 N–H and O–H groups in total. The van der Waals surface area contributed by atoms with Gasteiger partial charge in [-0.2, -0.15) is 0 Å². The quantitative estimate of drug-likeness (QED) is 0.715. The molecule has 30 heavy (non-hydrogen) atoms. The van der Waals surface area contributed by atoms with Crippen LogP contribution < -0.4 is 4.74 Å². The summed E-state index contributed by atoms with van der Waals surface area (Å²) >= 11 is 0. The maximum atomic E-state index is 13.5. The lowest BCUT2D eigenvalue weighted by molar-refractivity contribution is -0.131. The minimum atomic E-state index is 0.0320. The van der Waals surface area contributed by atoms with Crippen LogP contribution in [0.25, 0.3) is 0 Å². The summed E-state index contributed by atoms with van der Waals surface area (Å²) in [7, 11) is 0. The summed E-state index contributed by atoms with van der Waals surface area (Å²) < 4.78 is 11.4. The highest BCUT2D eigenvalue weighted by Crippen LogP contribution is 2.33. The molecule has 6 nitrogen and oxygen atoms in total. The Kier molecular flexibility index (Phi) is 6.93. The van der Waals surface area contributed by atoms with Crippen molar-refractivity contribution in [3.63, 3.8) is 0 Å². The van der Waals surface area contributed by atoms with Crippen molar-refractivity contribution in [2.45, 2.75) is 64.0 Å². The van der Waals surface area contributed by atoms with Crippen LogP contribution in [0.5, 0.6) is 5.75 Å². The largest absolute Gasteiger partial charge is 0.493 e. The van der Waals surface area contributed by atoms with Gasteiger partial charge in [0.2, 0.25) is 5.91 Å². The molecule has 3 aliphatic heterocycles. The van der Waals surface area contributed by atoms with Gasteiger partial charge < -0.3 is 19.3 Å². The Bertz CT molecular complexity index is 746. The zero-order valence-corrected chi connectivity index (χ0v) is 18.1. The summed E-state index contributed by atoms with van der Waals surface area (Å²) in [6, 6.07) is 7.60. The topological polar surface area (TPSA) is 59.1 Å². The normalized spacial score (nSPS) is 26.4. The first-order valence-electron chi connectivity index (χ1n) is 11.6. The van der Waals surface area contributed by atoms with Gasteiger partial charge in [-0.25, -0.2) is 0 Å². The van der Waals surface area contributed by atoms with Crippen LogP contribution in [-0.4, -0.2) is 66.6 Å². The van der Waals surface area contributed by atoms with Crippen molar-refractivity contribution in [2.75, 3.05) is 32.8 Å². The van der Waals surface area contributed by atoms with E-state index in [2.05, 4.69) is 0 Å². The van der Waals surface area contributed by atoms with E-state index in [1.165, 1.54) is 0 Å². The Hall–Kier alpha value is -2.08. The smallest absolute Gasteiger partial charge is 0.257 e. The number of carbonyl (C=O) groups excluding carboxylic acids is 2. The highest BCUT2D eigenvalue weighted by Gasteiger charge is 2.41. The highest BCUT2D eigenvalue weighted by molar-refractivity contribution is 5.97. The van der Waals surface area contributed by atoms with E-state index in [1.807, 2.05) is 41.0 Å². The number of benzene rings is 1. The molecule has 0 saturated carbocycles. The molecule has 1 aromatic rings. The third kappa shape index (κ3) is 4.64. The van der Waals surface area contributed by atoms with Crippen LogP contribution >= 0.6 is 0 Å². The van der Waals surface area contributed by atoms with Gasteiger partial charge in [-0.1, -0.05) is 18.6 Å². The first-order valence-corrected chi connectivity index (χ1v) is 11.6. The molecule has 3 fully saturated rings. The Morgan fingerprint density at radius 1 is 1.13 bits per heavy atom. The predicted octanol–water partition coefficient (Wildman–Crippen LogP) is 3.50. The van der Waals surface area contributed by atoms with E-state index in [4.69, 9.17) is 9.47 Å². The maximum Gasteiger partial charge on any atom is 0.257 e. The first kappa shape index (κ1) is 21.2. The Morgan fingerprint density at radius 2 is 2.00 bits per heavy atom. The molecule has 0 bridgehead atoms. The Labute approximate surface area is 179 Å². The maximum absolute atomic E-state index is 13.5. The number of nitrogens with zero attached hydrogens (tertiary/aromatic N) is 2. The predicted molar refractivity (Wildman–Crippen MR) is 115 cm³/mol. The summed E-state index contributed by atoms with van der Waals surface area (Å²) in [4.78, 5) is 30.4. The zero-order chi connectivity index (χ0) is 20.9. The van der Waals surface area contributed by atoms with Crippen molar-refractivity contribution in [1.82, 2.24) is 9.80 Å². The minimum Gasteiger partial charge on any atom is -0.493 e. The zero-order valence-electron chi connectivity index (χ0n) is 18.1. The molecular formula is C24H34N2O4. The first-order chi connectivity index (χ1) is 14.7. The second kappa shape index (κ2) is 9.82. The van der Waals surface area contributed by atoms with Crippen LogP contribution in [0.1, 0.15) is 62.2 Å². The second-order valence-corrected chi connectivity index (χ2v) is 8.72. The molecule has 1 unspecified atom stereocenters. The monoisotopic (exact) mass is 414 g/mol. The Balaban J connectivity index is 1.44. The molecule has 0 spiro atoms. The van der Waals surface area contributed by atoms with Gasteiger partial charge in [-0.3, -0.25) is 9.59 Å². The van der Waals surface area contributed by atoms with Gasteiger partial charge in [0.1, 0.15) is 5.75 Å². The summed E-state index contributed by atoms with van der Waals surface area (Å²) in [5.41, 5.74) is 0.628. The highest BCUT2D eigenvalue weighted by atomic mass is 16.5. The molecule has 2 amide bonds. The van der Waals surface area contributed by atoms with E-state index < -0.39 is 0 Å². The number of ether oxygens (including phenoxy) is 2. The number of rotatable bonds is 6. The van der Waals surface area contributed by atoms with Crippen LogP contribution in [0.2, 0.25) is 0 Å². The molecule has 3 atom stereocenters. The summed E-state index contributed by atoms with van der Waals surface area (Å²) in [6.07, 6.45) is 6.98. The number of fused-ring (bicyclic) bond motifs is 1. The number of likely N-dealkylation sites (tertiary alicyclic amines) is 2. The lowest BCUT2D eigenvalue weighted by Crippen LogP contribution is -2.44. The third-order valence-corrected chi connectivity index (χ3v) is 6.77. The van der Waals surface area contributed by atoms with E-state index >= 15 is 0 Å². The lowest BCUT2D eigenvalue weighted by Gasteiger charge is -2.30. The van der Waals surface area contributed by atoms with Crippen LogP contribution in [-0.2, 0) is 9.53 Å². The molecule has 3 heterocycles. The van der Waals surface area contributed by atoms with Gasteiger partial charge in [-0.05, 0) is 57.1 Å². The summed E-state index contributed by atoms with van der Waals surface area (Å²) in [5.74, 6) is 1.25. The van der Waals surface area contributed by atoms with Gasteiger partial charge >= 0.3 is 0 Å². The van der Waals surface area contributed by atoms with Crippen LogP contribution in [0.4, 0.5) is 0 Å². The van der Waals surface area contributed by atoms with Crippen LogP contribution in [0, 0.1) is 5.92 Å². The molecule has 0 aromatic heterocycles. The fourth-order valence-corrected chi connectivity index (χ4v) is 5.20. The van der Waals surface area contributed by atoms with Crippen molar-refractivity contribution in [3.05, 3.63) is 29.8 Å². The number of hydrogen-bond acceptors (Lipinski definition) is 4. The molecule has 0 aliphatic carbocycles. The number of para-hydroxylation sites is 1. The van der Waals surface area contributed by atoms with Gasteiger partial charge in [0.05, 0.1) is 24.3 Å². The summed E-state index contributed by atoms with van der Waals surface area (Å²) in [5, 5.41) is 0. The van der Waals surface area contributed by atoms with Crippen molar-refractivity contribution in [3.8, 4) is 5.75 Å². The average molecular weight is 415 g/mol. The van der Waals surface area contributed by atoms with Crippen LogP contribution in [0.15, 0.2) is 24.3 Å². The standard InChI is InChI=1S/C24H34N2O4/c1-2-29-22-11-4-3-10-20(22)24(28)26-14-6-5-8-18-16-25(17-21(18)26)23(27)13-12-19-9-7-15-30-19/h3-4,10-11,18-19,21H,2,5-9,12-17H2,1H3/t18-,19?,21+/m0/s1. The number of hydrogen-bond donors (Lipinski definition) is 0. The molecule has 4 rings (SSSR count). The second-order valence-electron chi connectivity index (χ2n) is 8.72. The average Bonchev–Trinajstić information content (AvgIpc) is 3.39. The Morgan fingerprint density at radius 3 is 2.80 bits per heavy atom. The van der Waals surface area contributed by atoms with Crippen molar-refractivity contribution >= 4 is 11.8 Å². The molecule has 3 saturated heterocycles. The van der Waals surface area contributed by atoms with Crippen molar-refractivity contribution < 1.29 is 19.1 Å². The van der Waals surface area contributed by atoms with E-state index in [0.29, 0.717) is 36.8 Å². The van der Waals surface area contributed by atoms with Crippen molar-refractivity contribution in [1.29, 1.82) is 0 Å². The van der Waals surface area contributed by atoms with Crippen LogP contribution in [0.3, 0.4) is 0 Å². The van der Waals surface area contributed by atoms with E-state index in [9.17, 15) is 9.59 Å². The van der Waals surface area contributed by atoms with E-state index in [-0.39, 0.29) is 24.0 Å². The third-order valence-electron chi connectivity index (χ3n) is 6.77. The molecule has 0 radical (unpaired) electrons. The molecular weight excluding hydrogens is 380 g/mol. The summed E-state index contributed by atoms with van der Waals surface area (Å²) in [6.45, 7) is 5.46. The lowest BCUT2D eigenvalue weighted by atomic mass is 9.98. The van der Waals surface area contributed by atoms with Gasteiger partial charge in [0.25, 0.3) is 5.91 Å². The van der Waals surface area contributed by atoms with Gasteiger partial charge in [-0.15, -0.1) is 0 Å². The minimum absolute atomic E-state index is 0.0320. The molecule has 164 valence electrons. The SMILES string of the molecule is CCOc1ccccc1C(=O)N1CCCC[C@H]2CN(C(=O)CCC3CCCO3)C[C@H]21. The van der Waals surface area contributed by atoms with Crippen molar-refractivity contribution in [2.24, 2.45) is 5.92 Å². The van der Waals surface area contributed by atoms with E-state index in [0.717, 1.165) is 58.2 Å². The van der Waals surface area contributed by atoms with Gasteiger partial charge in [0.15, 0.2) is 0 Å².